The van der Waals surface area contributed by atoms with E-state index < -0.39 is 0 Å². The van der Waals surface area contributed by atoms with Gasteiger partial charge in [0.05, 0.1) is 0 Å². The van der Waals surface area contributed by atoms with Gasteiger partial charge >= 0.3 is 0 Å². The number of thioether (sulfide) groups is 1. The third-order valence-electron chi connectivity index (χ3n) is 2.27. The fourth-order valence-electron chi connectivity index (χ4n) is 1.39. The topological polar surface area (TPSA) is 12.0 Å². The minimum Gasteiger partial charge on any atom is -0.314 e. The Kier molecular flexibility index (Phi) is 11.6. The smallest absolute Gasteiger partial charge is 0.00387 e. The second-order valence-corrected chi connectivity index (χ2v) is 5.19. The lowest BCUT2D eigenvalue weighted by molar-refractivity contribution is 0.496. The molecule has 0 aromatic heterocycles. The van der Waals surface area contributed by atoms with Gasteiger partial charge in [-0.05, 0) is 50.7 Å². The molecule has 0 rings (SSSR count). The zero-order chi connectivity index (χ0) is 10.6. The molecule has 1 N–H and O–H groups in total. The summed E-state index contributed by atoms with van der Waals surface area (Å²) in [6.07, 6.45) is 6.68. The number of hydrogen-bond acceptors (Lipinski definition) is 2. The van der Waals surface area contributed by atoms with E-state index in [1.54, 1.807) is 0 Å². The molecule has 0 aliphatic heterocycles. The average Bonchev–Trinajstić information content (AvgIpc) is 2.20. The Balaban J connectivity index is 3.02. The SMILES string of the molecule is CCCNC(C)CCCCSCCC. The molecule has 14 heavy (non-hydrogen) atoms. The lowest BCUT2D eigenvalue weighted by atomic mass is 10.1. The Hall–Kier alpha value is 0.310. The maximum absolute atomic E-state index is 3.53. The van der Waals surface area contributed by atoms with Crippen molar-refractivity contribution in [1.82, 2.24) is 5.32 Å². The highest BCUT2D eigenvalue weighted by atomic mass is 32.2. The summed E-state index contributed by atoms with van der Waals surface area (Å²) >= 11 is 2.10. The number of nitrogens with one attached hydrogen (secondary N) is 1. The highest BCUT2D eigenvalue weighted by molar-refractivity contribution is 7.99. The second-order valence-electron chi connectivity index (χ2n) is 3.96. The first-order chi connectivity index (χ1) is 6.81. The summed E-state index contributed by atoms with van der Waals surface area (Å²) in [6.45, 7) is 7.95. The fraction of sp³-hybridized carbons (Fsp3) is 1.00. The van der Waals surface area contributed by atoms with Gasteiger partial charge in [0.1, 0.15) is 0 Å². The molecule has 0 fully saturated rings. The maximum Gasteiger partial charge on any atom is 0.00387 e. The van der Waals surface area contributed by atoms with Gasteiger partial charge in [0, 0.05) is 6.04 Å². The molecule has 1 nitrogen and oxygen atoms in total. The molecule has 2 heteroatoms. The van der Waals surface area contributed by atoms with Crippen LogP contribution in [0.1, 0.15) is 52.9 Å². The van der Waals surface area contributed by atoms with Crippen LogP contribution in [0.15, 0.2) is 0 Å². The minimum atomic E-state index is 0.714. The average molecular weight is 217 g/mol. The van der Waals surface area contributed by atoms with E-state index in [0.717, 1.165) is 0 Å². The third kappa shape index (κ3) is 10.4. The Morgan fingerprint density at radius 2 is 1.86 bits per heavy atom. The summed E-state index contributed by atoms with van der Waals surface area (Å²) in [4.78, 5) is 0. The molecule has 0 radical (unpaired) electrons. The molecule has 86 valence electrons. The lowest BCUT2D eigenvalue weighted by Gasteiger charge is -2.12. The number of hydrogen-bond donors (Lipinski definition) is 1. The van der Waals surface area contributed by atoms with E-state index in [1.807, 2.05) is 0 Å². The van der Waals surface area contributed by atoms with Crippen LogP contribution < -0.4 is 5.32 Å². The predicted molar refractivity (Wildman–Crippen MR) is 69.2 cm³/mol. The quantitative estimate of drug-likeness (QED) is 0.560. The van der Waals surface area contributed by atoms with Gasteiger partial charge in [-0.15, -0.1) is 0 Å². The molecule has 0 saturated carbocycles. The van der Waals surface area contributed by atoms with Crippen molar-refractivity contribution in [3.63, 3.8) is 0 Å². The van der Waals surface area contributed by atoms with Crippen molar-refractivity contribution in [3.05, 3.63) is 0 Å². The molecule has 0 bridgehead atoms. The first kappa shape index (κ1) is 14.3. The molecule has 1 unspecified atom stereocenters. The van der Waals surface area contributed by atoms with E-state index in [0.29, 0.717) is 6.04 Å². The molecule has 0 aliphatic rings. The van der Waals surface area contributed by atoms with Gasteiger partial charge in [0.15, 0.2) is 0 Å². The highest BCUT2D eigenvalue weighted by Gasteiger charge is 1.99. The normalized spacial score (nSPS) is 13.1. The van der Waals surface area contributed by atoms with Gasteiger partial charge in [-0.2, -0.15) is 11.8 Å². The molecule has 0 spiro atoms. The molecule has 0 heterocycles. The summed E-state index contributed by atoms with van der Waals surface area (Å²) in [5, 5.41) is 3.53. The van der Waals surface area contributed by atoms with E-state index in [2.05, 4.69) is 37.8 Å². The number of unbranched alkanes of at least 4 members (excludes halogenated alkanes) is 1. The van der Waals surface area contributed by atoms with Crippen LogP contribution in [0.2, 0.25) is 0 Å². The van der Waals surface area contributed by atoms with Gasteiger partial charge < -0.3 is 5.32 Å². The van der Waals surface area contributed by atoms with E-state index in [4.69, 9.17) is 0 Å². The van der Waals surface area contributed by atoms with Crippen molar-refractivity contribution in [1.29, 1.82) is 0 Å². The largest absolute Gasteiger partial charge is 0.314 e. The van der Waals surface area contributed by atoms with Crippen LogP contribution in [0.3, 0.4) is 0 Å². The summed E-state index contributed by atoms with van der Waals surface area (Å²) in [7, 11) is 0. The van der Waals surface area contributed by atoms with Crippen LogP contribution in [0.4, 0.5) is 0 Å². The van der Waals surface area contributed by atoms with Gasteiger partial charge in [-0.3, -0.25) is 0 Å². The molecule has 0 aromatic carbocycles. The second kappa shape index (κ2) is 11.4. The van der Waals surface area contributed by atoms with Crippen molar-refractivity contribution in [2.24, 2.45) is 0 Å². The molecule has 1 atom stereocenters. The van der Waals surface area contributed by atoms with Crippen LogP contribution in [0.5, 0.6) is 0 Å². The predicted octanol–water partition coefficient (Wildman–Crippen LogP) is 3.69. The van der Waals surface area contributed by atoms with Crippen molar-refractivity contribution in [2.75, 3.05) is 18.1 Å². The van der Waals surface area contributed by atoms with Crippen LogP contribution in [-0.2, 0) is 0 Å². The van der Waals surface area contributed by atoms with Gasteiger partial charge in [0.25, 0.3) is 0 Å². The third-order valence-corrected chi connectivity index (χ3v) is 3.54. The van der Waals surface area contributed by atoms with E-state index in [1.165, 1.54) is 50.2 Å². The van der Waals surface area contributed by atoms with Gasteiger partial charge in [0.2, 0.25) is 0 Å². The maximum atomic E-state index is 3.53. The van der Waals surface area contributed by atoms with Crippen molar-refractivity contribution < 1.29 is 0 Å². The fourth-order valence-corrected chi connectivity index (χ4v) is 2.29. The van der Waals surface area contributed by atoms with Crippen LogP contribution >= 0.6 is 11.8 Å². The molecule has 0 aromatic rings. The van der Waals surface area contributed by atoms with Crippen LogP contribution in [0.25, 0.3) is 0 Å². The number of rotatable bonds is 10. The highest BCUT2D eigenvalue weighted by Crippen LogP contribution is 2.08. The standard InChI is InChI=1S/C12H27NS/c1-4-9-13-12(3)8-6-7-11-14-10-5-2/h12-13H,4-11H2,1-3H3. The molecular formula is C12H27NS. The summed E-state index contributed by atoms with van der Waals surface area (Å²) in [6, 6.07) is 0.714. The first-order valence-corrected chi connectivity index (χ1v) is 7.27. The zero-order valence-corrected chi connectivity index (χ0v) is 11.0. The van der Waals surface area contributed by atoms with E-state index in [-0.39, 0.29) is 0 Å². The monoisotopic (exact) mass is 217 g/mol. The van der Waals surface area contributed by atoms with E-state index in [9.17, 15) is 0 Å². The molecular weight excluding hydrogens is 190 g/mol. The molecule has 0 amide bonds. The van der Waals surface area contributed by atoms with Crippen LogP contribution in [0, 0.1) is 0 Å². The van der Waals surface area contributed by atoms with Crippen molar-refractivity contribution >= 4 is 11.8 Å². The van der Waals surface area contributed by atoms with Crippen LogP contribution in [-0.4, -0.2) is 24.1 Å². The Morgan fingerprint density at radius 1 is 1.07 bits per heavy atom. The zero-order valence-electron chi connectivity index (χ0n) is 10.1. The summed E-state index contributed by atoms with van der Waals surface area (Å²) in [5.74, 6) is 2.69. The molecule has 0 aliphatic carbocycles. The molecule has 0 saturated heterocycles. The minimum absolute atomic E-state index is 0.714. The Morgan fingerprint density at radius 3 is 2.50 bits per heavy atom. The summed E-state index contributed by atoms with van der Waals surface area (Å²) < 4.78 is 0. The van der Waals surface area contributed by atoms with Gasteiger partial charge in [-0.1, -0.05) is 20.3 Å². The van der Waals surface area contributed by atoms with Gasteiger partial charge in [-0.25, -0.2) is 0 Å². The summed E-state index contributed by atoms with van der Waals surface area (Å²) in [5.41, 5.74) is 0. The van der Waals surface area contributed by atoms with E-state index >= 15 is 0 Å². The first-order valence-electron chi connectivity index (χ1n) is 6.12. The Labute approximate surface area is 94.4 Å². The van der Waals surface area contributed by atoms with Crippen molar-refractivity contribution in [2.45, 2.75) is 58.9 Å². The Bertz CT molecular complexity index is 106. The van der Waals surface area contributed by atoms with Crippen molar-refractivity contribution in [3.8, 4) is 0 Å². The lowest BCUT2D eigenvalue weighted by Crippen LogP contribution is -2.26.